The standard InChI is InChI=1S/C12H12N2O2/c1-13-12(15)9-6-8-4-3-5-10(16-2)11(8)14-7-9/h3-7H,1-2H3,(H,13,15). The Morgan fingerprint density at radius 1 is 1.44 bits per heavy atom. The lowest BCUT2D eigenvalue weighted by Crippen LogP contribution is -2.17. The lowest BCUT2D eigenvalue weighted by Gasteiger charge is -2.05. The van der Waals surface area contributed by atoms with Gasteiger partial charge >= 0.3 is 0 Å². The second kappa shape index (κ2) is 4.18. The summed E-state index contributed by atoms with van der Waals surface area (Å²) in [5.74, 6) is 0.568. The minimum absolute atomic E-state index is 0.141. The third-order valence-electron chi connectivity index (χ3n) is 2.38. The number of hydrogen-bond donors (Lipinski definition) is 1. The fourth-order valence-electron chi connectivity index (χ4n) is 1.57. The highest BCUT2D eigenvalue weighted by atomic mass is 16.5. The maximum absolute atomic E-state index is 11.4. The second-order valence-corrected chi connectivity index (χ2v) is 3.34. The van der Waals surface area contributed by atoms with E-state index in [9.17, 15) is 4.79 Å². The molecule has 0 aliphatic rings. The lowest BCUT2D eigenvalue weighted by atomic mass is 10.1. The molecule has 0 spiro atoms. The van der Waals surface area contributed by atoms with E-state index >= 15 is 0 Å². The number of ether oxygens (including phenoxy) is 1. The zero-order valence-electron chi connectivity index (χ0n) is 9.15. The van der Waals surface area contributed by atoms with Crippen LogP contribution in [0, 0.1) is 0 Å². The summed E-state index contributed by atoms with van der Waals surface area (Å²) in [6.07, 6.45) is 1.55. The number of rotatable bonds is 2. The van der Waals surface area contributed by atoms with Crippen molar-refractivity contribution in [2.24, 2.45) is 0 Å². The van der Waals surface area contributed by atoms with Gasteiger partial charge in [-0.1, -0.05) is 12.1 Å². The van der Waals surface area contributed by atoms with Crippen LogP contribution in [-0.2, 0) is 0 Å². The van der Waals surface area contributed by atoms with Gasteiger partial charge in [0.25, 0.3) is 5.91 Å². The molecule has 4 nitrogen and oxygen atoms in total. The number of benzene rings is 1. The number of carbonyl (C=O) groups excluding carboxylic acids is 1. The van der Waals surface area contributed by atoms with Crippen molar-refractivity contribution >= 4 is 16.8 Å². The predicted molar refractivity (Wildman–Crippen MR) is 61.7 cm³/mol. The van der Waals surface area contributed by atoms with Crippen molar-refractivity contribution in [2.75, 3.05) is 14.2 Å². The Kier molecular flexibility index (Phi) is 2.72. The zero-order chi connectivity index (χ0) is 11.5. The molecule has 0 aliphatic carbocycles. The van der Waals surface area contributed by atoms with Crippen molar-refractivity contribution in [1.82, 2.24) is 10.3 Å². The van der Waals surface area contributed by atoms with E-state index in [2.05, 4.69) is 10.3 Å². The normalized spacial score (nSPS) is 10.1. The van der Waals surface area contributed by atoms with Gasteiger partial charge in [-0.2, -0.15) is 0 Å². The first kappa shape index (κ1) is 10.4. The summed E-state index contributed by atoms with van der Waals surface area (Å²) < 4.78 is 5.19. The van der Waals surface area contributed by atoms with Crippen molar-refractivity contribution in [3.63, 3.8) is 0 Å². The molecule has 1 N–H and O–H groups in total. The van der Waals surface area contributed by atoms with Gasteiger partial charge in [-0.05, 0) is 12.1 Å². The van der Waals surface area contributed by atoms with Crippen LogP contribution in [0.15, 0.2) is 30.5 Å². The van der Waals surface area contributed by atoms with E-state index in [1.807, 2.05) is 18.2 Å². The first-order valence-electron chi connectivity index (χ1n) is 4.91. The maximum atomic E-state index is 11.4. The second-order valence-electron chi connectivity index (χ2n) is 3.34. The van der Waals surface area contributed by atoms with Crippen LogP contribution < -0.4 is 10.1 Å². The molecule has 2 aromatic rings. The molecule has 16 heavy (non-hydrogen) atoms. The number of para-hydroxylation sites is 1. The van der Waals surface area contributed by atoms with Crippen molar-refractivity contribution in [3.05, 3.63) is 36.0 Å². The van der Waals surface area contributed by atoms with Gasteiger partial charge in [-0.15, -0.1) is 0 Å². The minimum atomic E-state index is -0.141. The summed E-state index contributed by atoms with van der Waals surface area (Å²) >= 11 is 0. The van der Waals surface area contributed by atoms with Gasteiger partial charge in [0.05, 0.1) is 12.7 Å². The van der Waals surface area contributed by atoms with E-state index in [-0.39, 0.29) is 5.91 Å². The number of amides is 1. The van der Waals surface area contributed by atoms with E-state index < -0.39 is 0 Å². The zero-order valence-corrected chi connectivity index (χ0v) is 9.15. The fraction of sp³-hybridized carbons (Fsp3) is 0.167. The highest BCUT2D eigenvalue weighted by Crippen LogP contribution is 2.23. The van der Waals surface area contributed by atoms with Crippen LogP contribution in [0.5, 0.6) is 5.75 Å². The van der Waals surface area contributed by atoms with Crippen LogP contribution in [0.1, 0.15) is 10.4 Å². The van der Waals surface area contributed by atoms with Gasteiger partial charge in [0.1, 0.15) is 11.3 Å². The van der Waals surface area contributed by atoms with Gasteiger partial charge < -0.3 is 10.1 Å². The first-order chi connectivity index (χ1) is 7.76. The number of aromatic nitrogens is 1. The molecule has 0 bridgehead atoms. The molecule has 1 aromatic heterocycles. The Morgan fingerprint density at radius 3 is 2.94 bits per heavy atom. The molecule has 1 amide bonds. The van der Waals surface area contributed by atoms with Crippen molar-refractivity contribution in [3.8, 4) is 5.75 Å². The van der Waals surface area contributed by atoms with Crippen LogP contribution in [0.2, 0.25) is 0 Å². The van der Waals surface area contributed by atoms with E-state index in [1.165, 1.54) is 0 Å². The number of hydrogen-bond acceptors (Lipinski definition) is 3. The van der Waals surface area contributed by atoms with E-state index in [0.29, 0.717) is 11.3 Å². The van der Waals surface area contributed by atoms with Gasteiger partial charge in [0.2, 0.25) is 0 Å². The number of nitrogens with one attached hydrogen (secondary N) is 1. The summed E-state index contributed by atoms with van der Waals surface area (Å²) in [6.45, 7) is 0. The number of nitrogens with zero attached hydrogens (tertiary/aromatic N) is 1. The number of fused-ring (bicyclic) bond motifs is 1. The molecule has 0 atom stereocenters. The molecule has 0 fully saturated rings. The SMILES string of the molecule is CNC(=O)c1cnc2c(OC)cccc2c1. The third kappa shape index (κ3) is 1.69. The number of methoxy groups -OCH3 is 1. The molecule has 1 heterocycles. The Labute approximate surface area is 93.3 Å². The summed E-state index contributed by atoms with van der Waals surface area (Å²) in [5, 5.41) is 3.45. The van der Waals surface area contributed by atoms with Gasteiger partial charge in [-0.25, -0.2) is 0 Å². The summed E-state index contributed by atoms with van der Waals surface area (Å²) in [5.41, 5.74) is 1.31. The van der Waals surface area contributed by atoms with E-state index in [1.54, 1.807) is 26.4 Å². The smallest absolute Gasteiger partial charge is 0.252 e. The van der Waals surface area contributed by atoms with Crippen LogP contribution in [0.25, 0.3) is 10.9 Å². The maximum Gasteiger partial charge on any atom is 0.252 e. The van der Waals surface area contributed by atoms with Crippen LogP contribution in [0.3, 0.4) is 0 Å². The van der Waals surface area contributed by atoms with Crippen molar-refractivity contribution in [2.45, 2.75) is 0 Å². The summed E-state index contributed by atoms with van der Waals surface area (Å²) in [6, 6.07) is 7.41. The number of pyridine rings is 1. The topological polar surface area (TPSA) is 51.2 Å². The molecule has 0 unspecified atom stereocenters. The van der Waals surface area contributed by atoms with Gasteiger partial charge in [-0.3, -0.25) is 9.78 Å². The third-order valence-corrected chi connectivity index (χ3v) is 2.38. The fourth-order valence-corrected chi connectivity index (χ4v) is 1.57. The molecule has 0 saturated heterocycles. The van der Waals surface area contributed by atoms with Gasteiger partial charge in [0.15, 0.2) is 0 Å². The molecular formula is C12H12N2O2. The molecule has 0 aliphatic heterocycles. The number of carbonyl (C=O) groups is 1. The van der Waals surface area contributed by atoms with Crippen LogP contribution in [-0.4, -0.2) is 25.0 Å². The Morgan fingerprint density at radius 2 is 2.25 bits per heavy atom. The summed E-state index contributed by atoms with van der Waals surface area (Å²) in [7, 11) is 3.20. The Bertz CT molecular complexity index is 538. The summed E-state index contributed by atoms with van der Waals surface area (Å²) in [4.78, 5) is 15.7. The molecule has 0 radical (unpaired) electrons. The van der Waals surface area contributed by atoms with E-state index in [0.717, 1.165) is 10.9 Å². The average molecular weight is 216 g/mol. The molecule has 0 saturated carbocycles. The van der Waals surface area contributed by atoms with Gasteiger partial charge in [0, 0.05) is 18.6 Å². The molecule has 2 rings (SSSR count). The van der Waals surface area contributed by atoms with Crippen LogP contribution >= 0.6 is 0 Å². The molecular weight excluding hydrogens is 204 g/mol. The quantitative estimate of drug-likeness (QED) is 0.829. The highest BCUT2D eigenvalue weighted by Gasteiger charge is 2.07. The minimum Gasteiger partial charge on any atom is -0.494 e. The van der Waals surface area contributed by atoms with E-state index in [4.69, 9.17) is 4.74 Å². The van der Waals surface area contributed by atoms with Crippen molar-refractivity contribution in [1.29, 1.82) is 0 Å². The van der Waals surface area contributed by atoms with Crippen molar-refractivity contribution < 1.29 is 9.53 Å². The first-order valence-corrected chi connectivity index (χ1v) is 4.91. The predicted octanol–water partition coefficient (Wildman–Crippen LogP) is 1.60. The molecule has 1 aromatic carbocycles. The Balaban J connectivity index is 2.59. The molecule has 82 valence electrons. The highest BCUT2D eigenvalue weighted by molar-refractivity contribution is 5.97. The lowest BCUT2D eigenvalue weighted by molar-refractivity contribution is 0.0963. The monoisotopic (exact) mass is 216 g/mol. The molecule has 4 heteroatoms. The van der Waals surface area contributed by atoms with Crippen LogP contribution in [0.4, 0.5) is 0 Å². The average Bonchev–Trinajstić information content (AvgIpc) is 2.36. The Hall–Kier alpha value is -2.10. The largest absolute Gasteiger partial charge is 0.494 e.